The summed E-state index contributed by atoms with van der Waals surface area (Å²) in [6.45, 7) is 4.10. The number of thiophene rings is 1. The van der Waals surface area contributed by atoms with Gasteiger partial charge in [0.1, 0.15) is 10.6 Å². The highest BCUT2D eigenvalue weighted by Crippen LogP contribution is 2.32. The van der Waals surface area contributed by atoms with Gasteiger partial charge in [0.25, 0.3) is 0 Å². The van der Waals surface area contributed by atoms with Crippen LogP contribution < -0.4 is 11.1 Å². The molecule has 0 saturated heterocycles. The fourth-order valence-electron chi connectivity index (χ4n) is 2.01. The van der Waals surface area contributed by atoms with Crippen LogP contribution in [0.3, 0.4) is 0 Å². The normalized spacial score (nSPS) is 10.9. The Morgan fingerprint density at radius 3 is 2.80 bits per heavy atom. The zero-order valence-electron chi connectivity index (χ0n) is 11.1. The smallest absolute Gasteiger partial charge is 0.223 e. The van der Waals surface area contributed by atoms with Crippen LogP contribution in [-0.4, -0.2) is 9.97 Å². The molecule has 0 aliphatic heterocycles. The Hall–Kier alpha value is -1.66. The summed E-state index contributed by atoms with van der Waals surface area (Å²) in [5, 5.41) is 4.36. The van der Waals surface area contributed by atoms with Gasteiger partial charge in [-0.15, -0.1) is 11.3 Å². The number of anilines is 3. The predicted octanol–water partition coefficient (Wildman–Crippen LogP) is 4.40. The van der Waals surface area contributed by atoms with Crippen molar-refractivity contribution in [2.24, 2.45) is 0 Å². The molecule has 0 unspecified atom stereocenters. The molecule has 3 rings (SSSR count). The number of hydrogen-bond acceptors (Lipinski definition) is 5. The van der Waals surface area contributed by atoms with Gasteiger partial charge in [0, 0.05) is 15.0 Å². The molecule has 102 valence electrons. The number of aromatic nitrogens is 2. The largest absolute Gasteiger partial charge is 0.368 e. The minimum atomic E-state index is 0.287. The summed E-state index contributed by atoms with van der Waals surface area (Å²) in [4.78, 5) is 10.7. The summed E-state index contributed by atoms with van der Waals surface area (Å²) in [5.74, 6) is 1.03. The molecular weight excluding hydrogens is 336 g/mol. The first-order valence-electron chi connectivity index (χ1n) is 6.10. The minimum absolute atomic E-state index is 0.287. The van der Waals surface area contributed by atoms with Gasteiger partial charge in [-0.1, -0.05) is 22.0 Å². The van der Waals surface area contributed by atoms with Gasteiger partial charge in [-0.3, -0.25) is 0 Å². The van der Waals surface area contributed by atoms with Crippen molar-refractivity contribution in [2.45, 2.75) is 13.8 Å². The van der Waals surface area contributed by atoms with E-state index < -0.39 is 0 Å². The van der Waals surface area contributed by atoms with Gasteiger partial charge in [-0.2, -0.15) is 4.98 Å². The topological polar surface area (TPSA) is 63.8 Å². The standard InChI is InChI=1S/C14H13BrN4S/c1-7-3-4-9(15)6-11(7)17-12-10-5-8(2)20-13(10)19-14(16)18-12/h3-6H,1-2H3,(H3,16,17,18,19). The molecular formula is C14H13BrN4S. The van der Waals surface area contributed by atoms with E-state index in [0.29, 0.717) is 0 Å². The first-order chi connectivity index (χ1) is 9.52. The number of nitrogens with two attached hydrogens (primary N) is 1. The van der Waals surface area contributed by atoms with E-state index in [9.17, 15) is 0 Å². The number of fused-ring (bicyclic) bond motifs is 1. The zero-order valence-corrected chi connectivity index (χ0v) is 13.5. The highest BCUT2D eigenvalue weighted by molar-refractivity contribution is 9.10. The molecule has 0 aliphatic carbocycles. The quantitative estimate of drug-likeness (QED) is 0.720. The highest BCUT2D eigenvalue weighted by atomic mass is 79.9. The number of nitrogen functional groups attached to an aromatic ring is 1. The number of benzene rings is 1. The maximum Gasteiger partial charge on any atom is 0.223 e. The Balaban J connectivity index is 2.12. The Kier molecular flexibility index (Phi) is 3.35. The van der Waals surface area contributed by atoms with E-state index in [2.05, 4.69) is 51.1 Å². The molecule has 2 aromatic heterocycles. The summed E-state index contributed by atoms with van der Waals surface area (Å²) < 4.78 is 1.02. The molecule has 20 heavy (non-hydrogen) atoms. The van der Waals surface area contributed by atoms with Crippen LogP contribution in [0.15, 0.2) is 28.7 Å². The third kappa shape index (κ3) is 2.48. The second kappa shape index (κ2) is 5.03. The SMILES string of the molecule is Cc1cc2c(Nc3cc(Br)ccc3C)nc(N)nc2s1. The molecule has 3 N–H and O–H groups in total. The lowest BCUT2D eigenvalue weighted by Gasteiger charge is -2.10. The lowest BCUT2D eigenvalue weighted by atomic mass is 10.2. The van der Waals surface area contributed by atoms with E-state index in [1.807, 2.05) is 18.2 Å². The van der Waals surface area contributed by atoms with Crippen molar-refractivity contribution in [3.05, 3.63) is 39.2 Å². The third-order valence-electron chi connectivity index (χ3n) is 2.99. The molecule has 0 atom stereocenters. The van der Waals surface area contributed by atoms with Crippen LogP contribution >= 0.6 is 27.3 Å². The van der Waals surface area contributed by atoms with Crippen LogP contribution in [0.2, 0.25) is 0 Å². The van der Waals surface area contributed by atoms with Crippen molar-refractivity contribution in [1.29, 1.82) is 0 Å². The van der Waals surface area contributed by atoms with Crippen molar-refractivity contribution >= 4 is 54.9 Å². The van der Waals surface area contributed by atoms with Crippen molar-refractivity contribution in [3.63, 3.8) is 0 Å². The van der Waals surface area contributed by atoms with Crippen LogP contribution in [-0.2, 0) is 0 Å². The van der Waals surface area contributed by atoms with Gasteiger partial charge in [-0.05, 0) is 37.6 Å². The van der Waals surface area contributed by atoms with E-state index in [-0.39, 0.29) is 5.95 Å². The zero-order chi connectivity index (χ0) is 14.3. The number of halogens is 1. The average molecular weight is 349 g/mol. The predicted molar refractivity (Wildman–Crippen MR) is 88.7 cm³/mol. The Morgan fingerprint density at radius 1 is 1.20 bits per heavy atom. The second-order valence-corrected chi connectivity index (χ2v) is 6.74. The highest BCUT2D eigenvalue weighted by Gasteiger charge is 2.10. The fourth-order valence-corrected chi connectivity index (χ4v) is 3.26. The first kappa shape index (κ1) is 13.3. The first-order valence-corrected chi connectivity index (χ1v) is 7.71. The Bertz CT molecular complexity index is 797. The molecule has 0 saturated carbocycles. The van der Waals surface area contributed by atoms with E-state index in [0.717, 1.165) is 31.8 Å². The van der Waals surface area contributed by atoms with Crippen molar-refractivity contribution in [3.8, 4) is 0 Å². The minimum Gasteiger partial charge on any atom is -0.368 e. The number of rotatable bonds is 2. The summed E-state index contributed by atoms with van der Waals surface area (Å²) in [5.41, 5.74) is 7.94. The van der Waals surface area contributed by atoms with Crippen molar-refractivity contribution < 1.29 is 0 Å². The Morgan fingerprint density at radius 2 is 2.00 bits per heavy atom. The lowest BCUT2D eigenvalue weighted by Crippen LogP contribution is -2.01. The maximum absolute atomic E-state index is 5.79. The van der Waals surface area contributed by atoms with Crippen LogP contribution in [0, 0.1) is 13.8 Å². The molecule has 0 amide bonds. The molecule has 6 heteroatoms. The molecule has 2 heterocycles. The van der Waals surface area contributed by atoms with E-state index >= 15 is 0 Å². The summed E-state index contributed by atoms with van der Waals surface area (Å²) >= 11 is 5.10. The number of nitrogens with one attached hydrogen (secondary N) is 1. The van der Waals surface area contributed by atoms with Gasteiger partial charge in [-0.25, -0.2) is 4.98 Å². The van der Waals surface area contributed by atoms with Crippen molar-refractivity contribution in [2.75, 3.05) is 11.1 Å². The number of aryl methyl sites for hydroxylation is 2. The summed E-state index contributed by atoms with van der Waals surface area (Å²) in [6.07, 6.45) is 0. The van der Waals surface area contributed by atoms with E-state index in [4.69, 9.17) is 5.73 Å². The van der Waals surface area contributed by atoms with Crippen LogP contribution in [0.4, 0.5) is 17.5 Å². The van der Waals surface area contributed by atoms with Gasteiger partial charge in [0.05, 0.1) is 5.39 Å². The second-order valence-electron chi connectivity index (χ2n) is 4.59. The molecule has 0 bridgehead atoms. The molecule has 0 spiro atoms. The lowest BCUT2D eigenvalue weighted by molar-refractivity contribution is 1.24. The average Bonchev–Trinajstić information content (AvgIpc) is 2.74. The van der Waals surface area contributed by atoms with Gasteiger partial charge < -0.3 is 11.1 Å². The molecule has 0 fully saturated rings. The molecule has 0 radical (unpaired) electrons. The molecule has 0 aliphatic rings. The fraction of sp³-hybridized carbons (Fsp3) is 0.143. The van der Waals surface area contributed by atoms with E-state index in [1.54, 1.807) is 11.3 Å². The van der Waals surface area contributed by atoms with Gasteiger partial charge >= 0.3 is 0 Å². The van der Waals surface area contributed by atoms with Crippen LogP contribution in [0.25, 0.3) is 10.2 Å². The number of hydrogen-bond donors (Lipinski definition) is 2. The maximum atomic E-state index is 5.79. The molecule has 4 nitrogen and oxygen atoms in total. The Labute approximate surface area is 129 Å². The van der Waals surface area contributed by atoms with Crippen LogP contribution in [0.5, 0.6) is 0 Å². The summed E-state index contributed by atoms with van der Waals surface area (Å²) in [6, 6.07) is 8.17. The van der Waals surface area contributed by atoms with Crippen LogP contribution in [0.1, 0.15) is 10.4 Å². The van der Waals surface area contributed by atoms with Gasteiger partial charge in [0.2, 0.25) is 5.95 Å². The molecule has 1 aromatic carbocycles. The third-order valence-corrected chi connectivity index (χ3v) is 4.42. The van der Waals surface area contributed by atoms with E-state index in [1.165, 1.54) is 4.88 Å². The monoisotopic (exact) mass is 348 g/mol. The summed E-state index contributed by atoms with van der Waals surface area (Å²) in [7, 11) is 0. The molecule has 3 aromatic rings. The van der Waals surface area contributed by atoms with Gasteiger partial charge in [0.15, 0.2) is 0 Å². The van der Waals surface area contributed by atoms with Crippen molar-refractivity contribution in [1.82, 2.24) is 9.97 Å². The number of nitrogens with zero attached hydrogens (tertiary/aromatic N) is 2.